The molecule has 0 heterocycles. The zero-order valence-electron chi connectivity index (χ0n) is 19.8. The fourth-order valence-corrected chi connectivity index (χ4v) is 5.57. The summed E-state index contributed by atoms with van der Waals surface area (Å²) in [6.07, 6.45) is 15.1. The number of carbonyl (C=O) groups is 1. The predicted molar refractivity (Wildman–Crippen MR) is 123 cm³/mol. The quantitative estimate of drug-likeness (QED) is 0.207. The second-order valence-electron chi connectivity index (χ2n) is 9.85. The molecular weight excluding hydrogens is 410 g/mol. The minimum atomic E-state index is -1.16. The van der Waals surface area contributed by atoms with Crippen LogP contribution in [0.1, 0.15) is 97.3 Å². The Hall–Kier alpha value is -1.65. The SMILES string of the molecule is CCCCC[C@H]1CC[C@H]([C@H]2CC[C@H](C(=O)Oc3ccc(OCCC)c(F)c3F)CC2)CC1. The van der Waals surface area contributed by atoms with Gasteiger partial charge in [0.15, 0.2) is 11.5 Å². The number of ether oxygens (including phenoxy) is 2. The van der Waals surface area contributed by atoms with Gasteiger partial charge < -0.3 is 9.47 Å². The Labute approximate surface area is 192 Å². The number of hydrogen-bond acceptors (Lipinski definition) is 3. The first-order valence-electron chi connectivity index (χ1n) is 12.9. The first kappa shape index (κ1) is 25.0. The lowest BCUT2D eigenvalue weighted by Gasteiger charge is -2.37. The molecule has 0 amide bonds. The molecule has 0 saturated heterocycles. The Morgan fingerprint density at radius 3 is 2.06 bits per heavy atom. The summed E-state index contributed by atoms with van der Waals surface area (Å²) in [7, 11) is 0. The van der Waals surface area contributed by atoms with E-state index in [2.05, 4.69) is 6.92 Å². The van der Waals surface area contributed by atoms with E-state index in [0.717, 1.165) is 37.5 Å². The van der Waals surface area contributed by atoms with E-state index in [9.17, 15) is 13.6 Å². The molecule has 2 aliphatic carbocycles. The van der Waals surface area contributed by atoms with Crippen molar-refractivity contribution in [2.45, 2.75) is 97.3 Å². The number of benzene rings is 1. The highest BCUT2D eigenvalue weighted by Gasteiger charge is 2.34. The molecule has 0 aromatic heterocycles. The molecule has 180 valence electrons. The molecule has 0 spiro atoms. The minimum absolute atomic E-state index is 0.148. The van der Waals surface area contributed by atoms with E-state index in [4.69, 9.17) is 9.47 Å². The maximum Gasteiger partial charge on any atom is 0.314 e. The topological polar surface area (TPSA) is 35.5 Å². The molecule has 2 fully saturated rings. The van der Waals surface area contributed by atoms with Crippen LogP contribution < -0.4 is 9.47 Å². The second kappa shape index (κ2) is 12.6. The Bertz CT molecular complexity index is 720. The molecule has 0 radical (unpaired) electrons. The fourth-order valence-electron chi connectivity index (χ4n) is 5.57. The molecule has 3 nitrogen and oxygen atoms in total. The molecule has 2 saturated carbocycles. The summed E-state index contributed by atoms with van der Waals surface area (Å²) in [5.41, 5.74) is 0. The van der Waals surface area contributed by atoms with Crippen molar-refractivity contribution in [1.29, 1.82) is 0 Å². The smallest absolute Gasteiger partial charge is 0.314 e. The largest absolute Gasteiger partial charge is 0.490 e. The zero-order chi connectivity index (χ0) is 22.9. The molecule has 5 heteroatoms. The maximum atomic E-state index is 14.3. The summed E-state index contributed by atoms with van der Waals surface area (Å²) in [6.45, 7) is 4.45. The molecule has 1 aromatic rings. The Morgan fingerprint density at radius 1 is 0.844 bits per heavy atom. The molecule has 2 aliphatic rings. The van der Waals surface area contributed by atoms with Crippen molar-refractivity contribution in [2.24, 2.45) is 23.7 Å². The highest BCUT2D eigenvalue weighted by atomic mass is 19.2. The van der Waals surface area contributed by atoms with Crippen molar-refractivity contribution >= 4 is 5.97 Å². The van der Waals surface area contributed by atoms with Crippen LogP contribution in [-0.4, -0.2) is 12.6 Å². The summed E-state index contributed by atoms with van der Waals surface area (Å²) >= 11 is 0. The molecule has 0 atom stereocenters. The van der Waals surface area contributed by atoms with E-state index >= 15 is 0 Å². The number of carbonyl (C=O) groups excluding carboxylic acids is 1. The van der Waals surface area contributed by atoms with Crippen LogP contribution in [-0.2, 0) is 4.79 Å². The highest BCUT2D eigenvalue weighted by molar-refractivity contribution is 5.75. The number of esters is 1. The Kier molecular flexibility index (Phi) is 9.80. The van der Waals surface area contributed by atoms with Gasteiger partial charge in [0, 0.05) is 0 Å². The van der Waals surface area contributed by atoms with Crippen LogP contribution in [0.5, 0.6) is 11.5 Å². The van der Waals surface area contributed by atoms with Crippen LogP contribution in [0.15, 0.2) is 12.1 Å². The first-order chi connectivity index (χ1) is 15.5. The van der Waals surface area contributed by atoms with E-state index in [1.807, 2.05) is 6.92 Å². The number of halogens is 2. The van der Waals surface area contributed by atoms with Gasteiger partial charge in [-0.25, -0.2) is 0 Å². The minimum Gasteiger partial charge on any atom is -0.490 e. The van der Waals surface area contributed by atoms with E-state index in [0.29, 0.717) is 18.9 Å². The summed E-state index contributed by atoms with van der Waals surface area (Å²) in [5, 5.41) is 0. The van der Waals surface area contributed by atoms with Crippen LogP contribution in [0.3, 0.4) is 0 Å². The third kappa shape index (κ3) is 6.68. The van der Waals surface area contributed by atoms with Crippen LogP contribution in [0, 0.1) is 35.3 Å². The molecule has 0 N–H and O–H groups in total. The van der Waals surface area contributed by atoms with E-state index in [-0.39, 0.29) is 17.4 Å². The van der Waals surface area contributed by atoms with Gasteiger partial charge in [0.25, 0.3) is 0 Å². The van der Waals surface area contributed by atoms with Crippen LogP contribution in [0.25, 0.3) is 0 Å². The fraction of sp³-hybridized carbons (Fsp3) is 0.741. The lowest BCUT2D eigenvalue weighted by molar-refractivity contribution is -0.140. The number of unbranched alkanes of at least 4 members (excludes halogenated alkanes) is 2. The van der Waals surface area contributed by atoms with Gasteiger partial charge in [-0.15, -0.1) is 0 Å². The van der Waals surface area contributed by atoms with Gasteiger partial charge in [0.1, 0.15) is 0 Å². The van der Waals surface area contributed by atoms with Gasteiger partial charge in [-0.05, 0) is 74.8 Å². The highest BCUT2D eigenvalue weighted by Crippen LogP contribution is 2.42. The zero-order valence-corrected chi connectivity index (χ0v) is 19.8. The van der Waals surface area contributed by atoms with Crippen molar-refractivity contribution in [3.8, 4) is 11.5 Å². The normalized spacial score (nSPS) is 26.0. The average Bonchev–Trinajstić information content (AvgIpc) is 2.82. The standard InChI is InChI=1S/C27H40F2O3/c1-3-5-6-7-19-8-10-20(11-9-19)21-12-14-22(15-13-21)27(30)32-24-17-16-23(31-18-4-2)25(28)26(24)29/h16-17,19-22H,3-15,18H2,1-2H3/t19-,20-,21-,22-. The average molecular weight is 451 g/mol. The van der Waals surface area contributed by atoms with E-state index in [1.54, 1.807) is 0 Å². The van der Waals surface area contributed by atoms with E-state index in [1.165, 1.54) is 63.5 Å². The lowest BCUT2D eigenvalue weighted by Crippen LogP contribution is -2.30. The Balaban J connectivity index is 1.44. The summed E-state index contributed by atoms with van der Waals surface area (Å²) in [4.78, 5) is 12.6. The summed E-state index contributed by atoms with van der Waals surface area (Å²) < 4.78 is 38.9. The van der Waals surface area contributed by atoms with Crippen molar-refractivity contribution in [3.05, 3.63) is 23.8 Å². The van der Waals surface area contributed by atoms with Gasteiger partial charge in [-0.1, -0.05) is 52.4 Å². The molecule has 0 unspecified atom stereocenters. The van der Waals surface area contributed by atoms with Crippen molar-refractivity contribution in [2.75, 3.05) is 6.61 Å². The molecule has 32 heavy (non-hydrogen) atoms. The van der Waals surface area contributed by atoms with Gasteiger partial charge in [-0.3, -0.25) is 4.79 Å². The van der Waals surface area contributed by atoms with Crippen LogP contribution in [0.2, 0.25) is 0 Å². The molecule has 3 rings (SSSR count). The number of hydrogen-bond donors (Lipinski definition) is 0. The summed E-state index contributed by atoms with van der Waals surface area (Å²) in [6, 6.07) is 2.61. The third-order valence-corrected chi connectivity index (χ3v) is 7.56. The molecule has 1 aromatic carbocycles. The van der Waals surface area contributed by atoms with Crippen molar-refractivity contribution in [1.82, 2.24) is 0 Å². The van der Waals surface area contributed by atoms with Crippen LogP contribution in [0.4, 0.5) is 8.78 Å². The first-order valence-corrected chi connectivity index (χ1v) is 12.9. The lowest BCUT2D eigenvalue weighted by atomic mass is 9.68. The molecule has 0 aliphatic heterocycles. The van der Waals surface area contributed by atoms with Crippen molar-refractivity contribution < 1.29 is 23.0 Å². The second-order valence-corrected chi connectivity index (χ2v) is 9.85. The third-order valence-electron chi connectivity index (χ3n) is 7.56. The van der Waals surface area contributed by atoms with Gasteiger partial charge >= 0.3 is 5.97 Å². The van der Waals surface area contributed by atoms with Gasteiger partial charge in [0.2, 0.25) is 11.6 Å². The maximum absolute atomic E-state index is 14.3. The van der Waals surface area contributed by atoms with Crippen LogP contribution >= 0.6 is 0 Å². The van der Waals surface area contributed by atoms with Gasteiger partial charge in [-0.2, -0.15) is 8.78 Å². The molecule has 0 bridgehead atoms. The monoisotopic (exact) mass is 450 g/mol. The summed E-state index contributed by atoms with van der Waals surface area (Å²) in [5.74, 6) is -1.02. The Morgan fingerprint density at radius 2 is 1.44 bits per heavy atom. The van der Waals surface area contributed by atoms with Gasteiger partial charge in [0.05, 0.1) is 12.5 Å². The van der Waals surface area contributed by atoms with E-state index < -0.39 is 17.6 Å². The predicted octanol–water partition coefficient (Wildman–Crippen LogP) is 7.85. The number of rotatable bonds is 10. The van der Waals surface area contributed by atoms with Crippen molar-refractivity contribution in [3.63, 3.8) is 0 Å². The molecular formula is C27H40F2O3.